The lowest BCUT2D eigenvalue weighted by atomic mass is 10.1. The summed E-state index contributed by atoms with van der Waals surface area (Å²) in [5.41, 5.74) is 1.76. The predicted octanol–water partition coefficient (Wildman–Crippen LogP) is 1.81. The number of nitrogens with zero attached hydrogens (tertiary/aromatic N) is 4. The second-order valence-electron chi connectivity index (χ2n) is 5.17. The molecule has 0 saturated heterocycles. The van der Waals surface area contributed by atoms with Crippen LogP contribution in [0.1, 0.15) is 29.4 Å². The maximum Gasteiger partial charge on any atom is 0.257 e. The number of anilines is 1. The Kier molecular flexibility index (Phi) is 4.95. The van der Waals surface area contributed by atoms with Crippen molar-refractivity contribution in [3.05, 3.63) is 42.0 Å². The van der Waals surface area contributed by atoms with E-state index >= 15 is 0 Å². The first-order valence-corrected chi connectivity index (χ1v) is 7.81. The third kappa shape index (κ3) is 3.65. The summed E-state index contributed by atoms with van der Waals surface area (Å²) in [5.74, 6) is 0.418. The van der Waals surface area contributed by atoms with Crippen LogP contribution in [0.5, 0.6) is 0 Å². The van der Waals surface area contributed by atoms with Gasteiger partial charge in [0, 0.05) is 31.7 Å². The van der Waals surface area contributed by atoms with Gasteiger partial charge >= 0.3 is 0 Å². The van der Waals surface area contributed by atoms with Crippen molar-refractivity contribution in [2.24, 2.45) is 0 Å². The fourth-order valence-corrected chi connectivity index (χ4v) is 2.24. The van der Waals surface area contributed by atoms with Gasteiger partial charge in [-0.3, -0.25) is 4.79 Å². The van der Waals surface area contributed by atoms with E-state index in [2.05, 4.69) is 30.7 Å². The van der Waals surface area contributed by atoms with Crippen molar-refractivity contribution in [2.75, 3.05) is 18.4 Å². The number of amides is 1. The minimum atomic E-state index is -0.163. The summed E-state index contributed by atoms with van der Waals surface area (Å²) in [7, 11) is 0. The van der Waals surface area contributed by atoms with Gasteiger partial charge in [0.1, 0.15) is 0 Å². The van der Waals surface area contributed by atoms with Crippen molar-refractivity contribution in [3.8, 4) is 0 Å². The van der Waals surface area contributed by atoms with Crippen LogP contribution in [-0.4, -0.2) is 39.1 Å². The summed E-state index contributed by atoms with van der Waals surface area (Å²) >= 11 is 0. The minimum Gasteiger partial charge on any atom is -0.354 e. The van der Waals surface area contributed by atoms with Crippen LogP contribution < -0.4 is 10.6 Å². The first-order chi connectivity index (χ1) is 11.8. The number of hydrogen-bond donors (Lipinski definition) is 2. The van der Waals surface area contributed by atoms with Crippen molar-refractivity contribution >= 4 is 23.0 Å². The maximum atomic E-state index is 12.2. The zero-order valence-electron chi connectivity index (χ0n) is 13.3. The highest BCUT2D eigenvalue weighted by Gasteiger charge is 2.12. The molecule has 124 valence electrons. The number of hydrogen-bond acceptors (Lipinski definition) is 7. The van der Waals surface area contributed by atoms with Crippen LogP contribution in [0.2, 0.25) is 0 Å². The van der Waals surface area contributed by atoms with E-state index in [9.17, 15) is 4.79 Å². The molecular formula is C16H18N6O2. The Bertz CT molecular complexity index is 818. The van der Waals surface area contributed by atoms with Gasteiger partial charge in [-0.2, -0.15) is 0 Å². The van der Waals surface area contributed by atoms with Gasteiger partial charge in [-0.05, 0) is 25.0 Å². The van der Waals surface area contributed by atoms with Crippen LogP contribution in [0.4, 0.5) is 5.95 Å². The molecule has 3 heterocycles. The first kappa shape index (κ1) is 15.9. The third-order valence-corrected chi connectivity index (χ3v) is 3.49. The molecule has 1 amide bonds. The average Bonchev–Trinajstić information content (AvgIpc) is 3.04. The first-order valence-electron chi connectivity index (χ1n) is 7.81. The van der Waals surface area contributed by atoms with Crippen molar-refractivity contribution < 1.29 is 9.32 Å². The number of nitrogens with one attached hydrogen (secondary N) is 2. The molecule has 0 saturated carbocycles. The summed E-state index contributed by atoms with van der Waals surface area (Å²) in [4.78, 5) is 24.5. The Morgan fingerprint density at radius 3 is 2.83 bits per heavy atom. The second kappa shape index (κ2) is 7.49. The normalized spacial score (nSPS) is 10.7. The molecule has 0 unspecified atom stereocenters. The van der Waals surface area contributed by atoms with Gasteiger partial charge in [-0.15, -0.1) is 0 Å². The van der Waals surface area contributed by atoms with Gasteiger partial charge in [0.05, 0.1) is 16.6 Å². The Morgan fingerprint density at radius 2 is 2.04 bits per heavy atom. The number of carbonyl (C=O) groups excluding carboxylic acids is 1. The number of pyridine rings is 1. The molecule has 2 N–H and O–H groups in total. The van der Waals surface area contributed by atoms with E-state index in [4.69, 9.17) is 4.52 Å². The zero-order chi connectivity index (χ0) is 16.8. The highest BCUT2D eigenvalue weighted by atomic mass is 16.5. The fourth-order valence-electron chi connectivity index (χ4n) is 2.24. The van der Waals surface area contributed by atoms with E-state index in [0.717, 1.165) is 23.9 Å². The molecule has 0 spiro atoms. The Balaban J connectivity index is 1.50. The summed E-state index contributed by atoms with van der Waals surface area (Å²) < 4.78 is 5.12. The van der Waals surface area contributed by atoms with Gasteiger partial charge < -0.3 is 15.2 Å². The lowest BCUT2D eigenvalue weighted by Gasteiger charge is -2.06. The van der Waals surface area contributed by atoms with Crippen molar-refractivity contribution in [2.45, 2.75) is 19.8 Å². The van der Waals surface area contributed by atoms with Gasteiger partial charge in [-0.1, -0.05) is 12.1 Å². The lowest BCUT2D eigenvalue weighted by Crippen LogP contribution is -2.26. The largest absolute Gasteiger partial charge is 0.354 e. The highest BCUT2D eigenvalue weighted by Crippen LogP contribution is 2.18. The quantitative estimate of drug-likeness (QED) is 0.638. The monoisotopic (exact) mass is 326 g/mol. The number of rotatable bonds is 7. The molecule has 0 atom stereocenters. The minimum absolute atomic E-state index is 0.163. The molecule has 3 aromatic heterocycles. The highest BCUT2D eigenvalue weighted by molar-refractivity contribution is 5.96. The van der Waals surface area contributed by atoms with E-state index < -0.39 is 0 Å². The molecule has 3 aromatic rings. The number of aryl methyl sites for hydroxylation is 1. The fraction of sp³-hybridized carbons (Fsp3) is 0.312. The smallest absolute Gasteiger partial charge is 0.257 e. The SMILES string of the molecule is CCc1noc2ncc(C(=O)NCCCNc3ncccn3)cc12. The average molecular weight is 326 g/mol. The van der Waals surface area contributed by atoms with Crippen LogP contribution in [-0.2, 0) is 6.42 Å². The Hall–Kier alpha value is -3.03. The molecule has 24 heavy (non-hydrogen) atoms. The number of carbonyl (C=O) groups is 1. The Morgan fingerprint density at radius 1 is 1.21 bits per heavy atom. The Labute approximate surface area is 138 Å². The van der Waals surface area contributed by atoms with E-state index in [0.29, 0.717) is 30.3 Å². The lowest BCUT2D eigenvalue weighted by molar-refractivity contribution is 0.0953. The maximum absolute atomic E-state index is 12.2. The van der Waals surface area contributed by atoms with Crippen LogP contribution >= 0.6 is 0 Å². The standard InChI is InChI=1S/C16H18N6O2/c1-2-13-12-9-11(10-21-15(12)24-22-13)14(23)17-5-3-6-18-16-19-7-4-8-20-16/h4,7-10H,2-3,5-6H2,1H3,(H,17,23)(H,18,19,20). The van der Waals surface area contributed by atoms with Crippen LogP contribution in [0.3, 0.4) is 0 Å². The molecule has 8 nitrogen and oxygen atoms in total. The van der Waals surface area contributed by atoms with Crippen molar-refractivity contribution in [1.29, 1.82) is 0 Å². The number of aromatic nitrogens is 4. The van der Waals surface area contributed by atoms with Crippen LogP contribution in [0, 0.1) is 0 Å². The third-order valence-electron chi connectivity index (χ3n) is 3.49. The second-order valence-corrected chi connectivity index (χ2v) is 5.17. The van der Waals surface area contributed by atoms with Gasteiger partial charge in [0.15, 0.2) is 0 Å². The molecule has 3 rings (SSSR count). The van der Waals surface area contributed by atoms with E-state index in [1.165, 1.54) is 6.20 Å². The molecule has 0 aromatic carbocycles. The van der Waals surface area contributed by atoms with E-state index in [1.54, 1.807) is 24.5 Å². The molecule has 8 heteroatoms. The summed E-state index contributed by atoms with van der Waals surface area (Å²) in [6, 6.07) is 3.53. The summed E-state index contributed by atoms with van der Waals surface area (Å²) in [6.45, 7) is 3.20. The van der Waals surface area contributed by atoms with Crippen LogP contribution in [0.25, 0.3) is 11.1 Å². The van der Waals surface area contributed by atoms with Gasteiger partial charge in [0.25, 0.3) is 11.6 Å². The van der Waals surface area contributed by atoms with E-state index in [1.807, 2.05) is 6.92 Å². The van der Waals surface area contributed by atoms with Crippen LogP contribution in [0.15, 0.2) is 35.2 Å². The molecule has 0 fully saturated rings. The molecule has 0 bridgehead atoms. The predicted molar refractivity (Wildman–Crippen MR) is 88.7 cm³/mol. The topological polar surface area (TPSA) is 106 Å². The molecular weight excluding hydrogens is 308 g/mol. The number of fused-ring (bicyclic) bond motifs is 1. The summed E-state index contributed by atoms with van der Waals surface area (Å²) in [5, 5.41) is 10.7. The summed E-state index contributed by atoms with van der Waals surface area (Å²) in [6.07, 6.45) is 6.34. The van der Waals surface area contributed by atoms with Gasteiger partial charge in [0.2, 0.25) is 5.95 Å². The molecule has 0 radical (unpaired) electrons. The molecule has 0 aliphatic rings. The molecule has 0 aliphatic carbocycles. The zero-order valence-corrected chi connectivity index (χ0v) is 13.3. The van der Waals surface area contributed by atoms with E-state index in [-0.39, 0.29) is 5.91 Å². The molecule has 0 aliphatic heterocycles. The van der Waals surface area contributed by atoms with Crippen molar-refractivity contribution in [3.63, 3.8) is 0 Å². The van der Waals surface area contributed by atoms with Crippen molar-refractivity contribution in [1.82, 2.24) is 25.4 Å². The van der Waals surface area contributed by atoms with Gasteiger partial charge in [-0.25, -0.2) is 15.0 Å².